The molecule has 0 aliphatic heterocycles. The van der Waals surface area contributed by atoms with Gasteiger partial charge in [-0.05, 0) is 25.3 Å². The standard InChI is InChI=1S/C12H9F5O3S/c13-8-5-7-6(3-1-2-4-9(7)18)10(14)11(8)20-21(19)12(15,16)17/h5H,1-4H2. The van der Waals surface area contributed by atoms with Crippen LogP contribution in [0.3, 0.4) is 0 Å². The minimum Gasteiger partial charge on any atom is -0.388 e. The molecule has 0 aromatic heterocycles. The molecular weight excluding hydrogens is 319 g/mol. The Hall–Kier alpha value is -1.51. The molecule has 21 heavy (non-hydrogen) atoms. The maximum absolute atomic E-state index is 14.1. The van der Waals surface area contributed by atoms with Gasteiger partial charge in [0.25, 0.3) is 0 Å². The van der Waals surface area contributed by atoms with Gasteiger partial charge in [-0.15, -0.1) is 0 Å². The summed E-state index contributed by atoms with van der Waals surface area (Å²) in [6.45, 7) is 0. The fraction of sp³-hybridized carbons (Fsp3) is 0.417. The van der Waals surface area contributed by atoms with E-state index in [2.05, 4.69) is 4.18 Å². The molecule has 1 aliphatic rings. The Morgan fingerprint density at radius 1 is 1.14 bits per heavy atom. The van der Waals surface area contributed by atoms with Gasteiger partial charge in [-0.25, -0.2) is 13.0 Å². The lowest BCUT2D eigenvalue weighted by atomic mass is 10.0. The average Bonchev–Trinajstić information content (AvgIpc) is 2.56. The van der Waals surface area contributed by atoms with Crippen molar-refractivity contribution in [2.75, 3.05) is 0 Å². The molecule has 0 bridgehead atoms. The third kappa shape index (κ3) is 3.22. The fourth-order valence-corrected chi connectivity index (χ4v) is 2.45. The van der Waals surface area contributed by atoms with E-state index in [9.17, 15) is 31.0 Å². The van der Waals surface area contributed by atoms with E-state index in [-0.39, 0.29) is 24.0 Å². The van der Waals surface area contributed by atoms with Crippen LogP contribution in [-0.2, 0) is 17.5 Å². The SMILES string of the molecule is O=C1CCCCc2c1cc(F)c(OS(=O)C(F)(F)F)c2F. The van der Waals surface area contributed by atoms with Gasteiger partial charge in [0.15, 0.2) is 17.4 Å². The molecule has 1 atom stereocenters. The smallest absolute Gasteiger partial charge is 0.388 e. The van der Waals surface area contributed by atoms with Gasteiger partial charge in [0.2, 0.25) is 5.75 Å². The highest BCUT2D eigenvalue weighted by molar-refractivity contribution is 7.81. The highest BCUT2D eigenvalue weighted by atomic mass is 32.2. The van der Waals surface area contributed by atoms with Gasteiger partial charge in [-0.1, -0.05) is 0 Å². The molecule has 0 heterocycles. The summed E-state index contributed by atoms with van der Waals surface area (Å²) in [5, 5.41) is 0. The fourth-order valence-electron chi connectivity index (χ4n) is 2.05. The molecule has 1 aromatic carbocycles. The molecule has 0 fully saturated rings. The van der Waals surface area contributed by atoms with Crippen LogP contribution in [0.2, 0.25) is 0 Å². The summed E-state index contributed by atoms with van der Waals surface area (Å²) in [5.74, 6) is -4.75. The van der Waals surface area contributed by atoms with Crippen LogP contribution >= 0.6 is 0 Å². The van der Waals surface area contributed by atoms with Crippen molar-refractivity contribution in [2.24, 2.45) is 0 Å². The summed E-state index contributed by atoms with van der Waals surface area (Å²) in [4.78, 5) is 11.7. The summed E-state index contributed by atoms with van der Waals surface area (Å²) in [6.07, 6.45) is 1.09. The van der Waals surface area contributed by atoms with Gasteiger partial charge < -0.3 is 4.18 Å². The van der Waals surface area contributed by atoms with Crippen molar-refractivity contribution < 1.29 is 35.1 Å². The number of hydrogen-bond acceptors (Lipinski definition) is 3. The molecule has 1 unspecified atom stereocenters. The second-order valence-corrected chi connectivity index (χ2v) is 5.52. The van der Waals surface area contributed by atoms with Gasteiger partial charge in [-0.2, -0.15) is 13.2 Å². The number of benzene rings is 1. The Bertz CT molecular complexity index is 612. The second-order valence-electron chi connectivity index (χ2n) is 4.42. The number of hydrogen-bond donors (Lipinski definition) is 0. The molecule has 1 aliphatic carbocycles. The van der Waals surface area contributed by atoms with Crippen molar-refractivity contribution in [1.29, 1.82) is 0 Å². The van der Waals surface area contributed by atoms with E-state index >= 15 is 0 Å². The molecule has 0 saturated carbocycles. The van der Waals surface area contributed by atoms with E-state index in [1.54, 1.807) is 0 Å². The lowest BCUT2D eigenvalue weighted by Gasteiger charge is -2.13. The van der Waals surface area contributed by atoms with Crippen molar-refractivity contribution >= 4 is 16.9 Å². The Labute approximate surface area is 118 Å². The number of halogens is 5. The Kier molecular flexibility index (Phi) is 4.31. The van der Waals surface area contributed by atoms with Crippen LogP contribution < -0.4 is 4.18 Å². The van der Waals surface area contributed by atoms with E-state index < -0.39 is 39.8 Å². The quantitative estimate of drug-likeness (QED) is 0.617. The van der Waals surface area contributed by atoms with E-state index in [4.69, 9.17) is 0 Å². The number of carbonyl (C=O) groups is 1. The number of Topliss-reactive ketones (excluding diaryl/α,β-unsaturated/α-hetero) is 1. The van der Waals surface area contributed by atoms with Crippen LogP contribution in [0.1, 0.15) is 35.2 Å². The number of alkyl halides is 3. The molecule has 0 radical (unpaired) electrons. The molecule has 1 aromatic rings. The van der Waals surface area contributed by atoms with E-state index in [1.165, 1.54) is 0 Å². The highest BCUT2D eigenvalue weighted by Crippen LogP contribution is 2.34. The first-order chi connectivity index (χ1) is 9.71. The maximum Gasteiger partial charge on any atom is 0.508 e. The van der Waals surface area contributed by atoms with Crippen LogP contribution in [0, 0.1) is 11.6 Å². The molecule has 0 amide bonds. The predicted octanol–water partition coefficient (Wildman–Crippen LogP) is 3.44. The van der Waals surface area contributed by atoms with E-state index in [0.29, 0.717) is 18.9 Å². The monoisotopic (exact) mass is 328 g/mol. The largest absolute Gasteiger partial charge is 0.508 e. The zero-order chi connectivity index (χ0) is 15.8. The van der Waals surface area contributed by atoms with Gasteiger partial charge in [-0.3, -0.25) is 4.79 Å². The molecule has 0 spiro atoms. The first kappa shape index (κ1) is 15.9. The Balaban J connectivity index is 2.47. The van der Waals surface area contributed by atoms with Crippen molar-refractivity contribution in [3.05, 3.63) is 28.8 Å². The third-order valence-corrected chi connectivity index (χ3v) is 3.70. The first-order valence-electron chi connectivity index (χ1n) is 5.93. The molecule has 0 saturated heterocycles. The Morgan fingerprint density at radius 3 is 2.38 bits per heavy atom. The summed E-state index contributed by atoms with van der Waals surface area (Å²) in [6, 6.07) is 0.634. The minimum absolute atomic E-state index is 0.0716. The van der Waals surface area contributed by atoms with Crippen molar-refractivity contribution in [2.45, 2.75) is 31.2 Å². The lowest BCUT2D eigenvalue weighted by molar-refractivity contribution is -0.0439. The van der Waals surface area contributed by atoms with Gasteiger partial charge in [0, 0.05) is 17.5 Å². The number of carbonyl (C=O) groups excluding carboxylic acids is 1. The minimum atomic E-state index is -5.26. The molecule has 9 heteroatoms. The summed E-state index contributed by atoms with van der Waals surface area (Å²) < 4.78 is 78.9. The molecule has 116 valence electrons. The van der Waals surface area contributed by atoms with Gasteiger partial charge >= 0.3 is 16.6 Å². The number of fused-ring (bicyclic) bond motifs is 1. The predicted molar refractivity (Wildman–Crippen MR) is 63.1 cm³/mol. The zero-order valence-corrected chi connectivity index (χ0v) is 11.2. The third-order valence-electron chi connectivity index (χ3n) is 3.01. The van der Waals surface area contributed by atoms with Crippen LogP contribution in [0.25, 0.3) is 0 Å². The summed E-state index contributed by atoms with van der Waals surface area (Å²) >= 11 is -3.89. The maximum atomic E-state index is 14.1. The second kappa shape index (κ2) is 5.70. The zero-order valence-electron chi connectivity index (χ0n) is 10.4. The molecular formula is C12H9F5O3S. The topological polar surface area (TPSA) is 43.4 Å². The first-order valence-corrected chi connectivity index (χ1v) is 7.00. The number of ketones is 1. The van der Waals surface area contributed by atoms with E-state index in [1.807, 2.05) is 0 Å². The molecule has 0 N–H and O–H groups in total. The summed E-state index contributed by atoms with van der Waals surface area (Å²) in [7, 11) is 0. The van der Waals surface area contributed by atoms with Crippen LogP contribution in [0.5, 0.6) is 5.75 Å². The normalized spacial score (nSPS) is 17.1. The van der Waals surface area contributed by atoms with Crippen molar-refractivity contribution in [3.63, 3.8) is 0 Å². The molecule has 2 rings (SSSR count). The van der Waals surface area contributed by atoms with Crippen LogP contribution in [0.4, 0.5) is 22.0 Å². The average molecular weight is 328 g/mol. The highest BCUT2D eigenvalue weighted by Gasteiger charge is 2.41. The van der Waals surface area contributed by atoms with Crippen molar-refractivity contribution in [1.82, 2.24) is 0 Å². The van der Waals surface area contributed by atoms with Gasteiger partial charge in [0.1, 0.15) is 0 Å². The van der Waals surface area contributed by atoms with Crippen molar-refractivity contribution in [3.8, 4) is 5.75 Å². The Morgan fingerprint density at radius 2 is 1.76 bits per heavy atom. The van der Waals surface area contributed by atoms with Crippen LogP contribution in [-0.4, -0.2) is 15.5 Å². The summed E-state index contributed by atoms with van der Waals surface area (Å²) in [5.41, 5.74) is -5.66. The van der Waals surface area contributed by atoms with Gasteiger partial charge in [0.05, 0.1) is 0 Å². The number of rotatable bonds is 2. The van der Waals surface area contributed by atoms with E-state index in [0.717, 1.165) is 0 Å². The van der Waals surface area contributed by atoms with Crippen LogP contribution in [0.15, 0.2) is 6.07 Å². The lowest BCUT2D eigenvalue weighted by Crippen LogP contribution is -2.22. The molecule has 3 nitrogen and oxygen atoms in total.